The lowest BCUT2D eigenvalue weighted by atomic mass is 9.94. The second-order valence-electron chi connectivity index (χ2n) is 23.9. The Kier molecular flexibility index (Phi) is 17.9. The fourth-order valence-corrected chi connectivity index (χ4v) is 12.4. The van der Waals surface area contributed by atoms with Gasteiger partial charge in [-0.2, -0.15) is 0 Å². The van der Waals surface area contributed by atoms with E-state index in [9.17, 15) is 38.4 Å². The van der Waals surface area contributed by atoms with Crippen LogP contribution in [0.1, 0.15) is 112 Å². The van der Waals surface area contributed by atoms with Crippen LogP contribution < -0.4 is 42.4 Å². The van der Waals surface area contributed by atoms with Gasteiger partial charge in [0.05, 0.1) is 35.8 Å². The Morgan fingerprint density at radius 3 is 1.26 bits per heavy atom. The minimum Gasteiger partial charge on any atom is -0.483 e. The lowest BCUT2D eigenvalue weighted by Gasteiger charge is -2.21. The van der Waals surface area contributed by atoms with Gasteiger partial charge in [-0.05, 0) is 85.4 Å². The van der Waals surface area contributed by atoms with Crippen molar-refractivity contribution in [3.05, 3.63) is 173 Å². The highest BCUT2D eigenvalue weighted by Crippen LogP contribution is 2.45. The molecule has 86 heavy (non-hydrogen) atoms. The molecule has 5 aromatic rings. The minimum atomic E-state index is -1.11. The lowest BCUT2D eigenvalue weighted by molar-refractivity contribution is -0.138. The average Bonchev–Trinajstić information content (AvgIpc) is 2.76. The van der Waals surface area contributed by atoms with Gasteiger partial charge in [-0.15, -0.1) is 0 Å². The first-order valence-electron chi connectivity index (χ1n) is 30.0. The maximum absolute atomic E-state index is 15.0. The molecule has 20 nitrogen and oxygen atoms in total. The molecule has 0 bridgehead atoms. The Morgan fingerprint density at radius 1 is 0.488 bits per heavy atom. The summed E-state index contributed by atoms with van der Waals surface area (Å²) in [6.07, 6.45) is 4.06. The molecule has 5 aromatic carbocycles. The third-order valence-corrected chi connectivity index (χ3v) is 17.8. The van der Waals surface area contributed by atoms with Crippen molar-refractivity contribution in [2.45, 2.75) is 98.8 Å². The lowest BCUT2D eigenvalue weighted by Crippen LogP contribution is -2.43. The first-order chi connectivity index (χ1) is 41.7. The van der Waals surface area contributed by atoms with Crippen molar-refractivity contribution >= 4 is 53.2 Å². The third kappa shape index (κ3) is 14.2. The van der Waals surface area contributed by atoms with E-state index in [1.165, 1.54) is 28.0 Å². The SMILES string of the molecule is N[C@@H](CCCCNC(=O)CNC(=O)COc1cc(C(=O)N2C[C@@H](C(=O)N[C@H]3C[C@@H]3c3ccccc3)[C@H](C(=O)N[C@H]3C[C@@H]3c3ccccc3)C2)ccc1C(=O)N1C[C@@H](C(=O)N[C@H]2C[C@@H]2c2ccccc2)[C@H](C(=O)N[C@H]2C[C@@H]2c2ccccc2)C1)C(=O)O. The summed E-state index contributed by atoms with van der Waals surface area (Å²) in [5.74, 6) is -8.30. The van der Waals surface area contributed by atoms with Crippen molar-refractivity contribution in [2.24, 2.45) is 29.4 Å². The number of likely N-dealkylation sites (tertiary alicyclic amines) is 2. The topological polar surface area (TPSA) is 288 Å². The molecular weight excluding hydrogens is 1090 g/mol. The summed E-state index contributed by atoms with van der Waals surface area (Å²) in [7, 11) is 0. The van der Waals surface area contributed by atoms with Crippen molar-refractivity contribution in [2.75, 3.05) is 45.9 Å². The van der Waals surface area contributed by atoms with Gasteiger partial charge in [0.25, 0.3) is 17.7 Å². The number of nitrogens with one attached hydrogen (secondary N) is 6. The molecule has 2 saturated heterocycles. The number of carbonyl (C=O) groups excluding carboxylic acids is 8. The molecule has 448 valence electrons. The van der Waals surface area contributed by atoms with Crippen LogP contribution in [-0.4, -0.2) is 144 Å². The molecule has 0 aromatic heterocycles. The number of hydrogen-bond acceptors (Lipinski definition) is 11. The highest BCUT2D eigenvalue weighted by molar-refractivity contribution is 6.02. The number of carbonyl (C=O) groups is 9. The summed E-state index contributed by atoms with van der Waals surface area (Å²) in [4.78, 5) is 127. The molecule has 8 amide bonds. The van der Waals surface area contributed by atoms with Crippen molar-refractivity contribution < 1.29 is 53.0 Å². The normalized spacial score (nSPS) is 26.0. The second-order valence-corrected chi connectivity index (χ2v) is 23.9. The number of nitrogens with zero attached hydrogens (tertiary/aromatic N) is 2. The van der Waals surface area contributed by atoms with Crippen LogP contribution in [0.3, 0.4) is 0 Å². The first-order valence-corrected chi connectivity index (χ1v) is 30.0. The minimum absolute atomic E-state index is 0.0317. The van der Waals surface area contributed by atoms with Gasteiger partial charge in [0.1, 0.15) is 11.8 Å². The number of aliphatic carboxylic acids is 1. The molecule has 4 aliphatic carbocycles. The molecule has 4 saturated carbocycles. The van der Waals surface area contributed by atoms with Crippen LogP contribution in [-0.2, 0) is 33.6 Å². The quantitative estimate of drug-likeness (QED) is 0.0386. The zero-order chi connectivity index (χ0) is 60.0. The van der Waals surface area contributed by atoms with Crippen LogP contribution in [0.15, 0.2) is 140 Å². The van der Waals surface area contributed by atoms with Crippen LogP contribution in [0.2, 0.25) is 0 Å². The monoisotopic (exact) mass is 1170 g/mol. The van der Waals surface area contributed by atoms with Crippen molar-refractivity contribution in [1.82, 2.24) is 41.7 Å². The molecule has 6 aliphatic rings. The number of rotatable bonds is 25. The van der Waals surface area contributed by atoms with Gasteiger partial charge in [0.15, 0.2) is 6.61 Å². The molecule has 2 heterocycles. The van der Waals surface area contributed by atoms with Crippen LogP contribution >= 0.6 is 0 Å². The van der Waals surface area contributed by atoms with E-state index in [0.717, 1.165) is 47.9 Å². The van der Waals surface area contributed by atoms with E-state index >= 15 is 4.79 Å². The summed E-state index contributed by atoms with van der Waals surface area (Å²) >= 11 is 0. The van der Waals surface area contributed by atoms with E-state index in [4.69, 9.17) is 15.6 Å². The third-order valence-electron chi connectivity index (χ3n) is 17.8. The first kappa shape index (κ1) is 58.8. The standard InChI is InChI=1S/C66H73N9O11/c67-52(66(84)85)23-13-14-26-68-58(76)32-69-59(77)37-86-57-27-42(64(82)74-33-48(60(78)70-53-28-44(53)38-15-5-1-6-16-38)49(34-74)61(79)71-54-29-45(54)39-17-7-2-8-18-39)24-25-43(57)65(83)75-35-50(62(80)72-55-30-46(55)40-19-9-3-10-20-40)51(36-75)63(81)73-56-31-47(56)41-21-11-4-12-22-41/h1-12,15-22,24-25,27,44-56H,13-14,23,26,28-37,67H2,(H,68,76)(H,69,77)(H,70,78)(H,71,79)(H,72,80)(H,73,81)(H,84,85)/t44-,45-,46-,47-,48-,49-,50-,51-,52+,53+,54+,55+,56+/m1/s1. The number of carboxylic acid groups (broad SMARTS) is 1. The van der Waals surface area contributed by atoms with Gasteiger partial charge in [-0.3, -0.25) is 43.2 Å². The zero-order valence-electron chi connectivity index (χ0n) is 47.7. The second kappa shape index (κ2) is 26.1. The van der Waals surface area contributed by atoms with Crippen LogP contribution in [0, 0.1) is 23.7 Å². The van der Waals surface area contributed by atoms with Gasteiger partial charge in [0, 0.05) is 86.1 Å². The molecule has 20 heteroatoms. The molecule has 0 radical (unpaired) electrons. The van der Waals surface area contributed by atoms with Crippen molar-refractivity contribution in [3.8, 4) is 5.75 Å². The Morgan fingerprint density at radius 2 is 0.872 bits per heavy atom. The smallest absolute Gasteiger partial charge is 0.320 e. The molecule has 6 fully saturated rings. The molecule has 9 N–H and O–H groups in total. The van der Waals surface area contributed by atoms with Gasteiger partial charge >= 0.3 is 5.97 Å². The Labute approximate surface area is 498 Å². The molecule has 11 rings (SSSR count). The number of carboxylic acids is 1. The van der Waals surface area contributed by atoms with E-state index in [-0.39, 0.29) is 127 Å². The largest absolute Gasteiger partial charge is 0.483 e. The Hall–Kier alpha value is -8.91. The Bertz CT molecular complexity index is 3190. The number of benzene rings is 5. The molecule has 13 atom stereocenters. The number of unbranched alkanes of at least 4 members (excludes halogenated alkanes) is 1. The number of ether oxygens (including phenoxy) is 1. The van der Waals surface area contributed by atoms with E-state index < -0.39 is 72.5 Å². The molecule has 2 aliphatic heterocycles. The summed E-state index contributed by atoms with van der Waals surface area (Å²) in [6.45, 7) is -1.34. The fraction of sp³-hybridized carbons (Fsp3) is 0.409. The highest BCUT2D eigenvalue weighted by atomic mass is 16.5. The number of nitrogens with two attached hydrogens (primary N) is 1. The van der Waals surface area contributed by atoms with Crippen LogP contribution in [0.25, 0.3) is 0 Å². The van der Waals surface area contributed by atoms with Crippen molar-refractivity contribution in [3.63, 3.8) is 0 Å². The van der Waals surface area contributed by atoms with Crippen molar-refractivity contribution in [1.29, 1.82) is 0 Å². The summed E-state index contributed by atoms with van der Waals surface area (Å²) in [6, 6.07) is 42.0. The molecule has 0 spiro atoms. The summed E-state index contributed by atoms with van der Waals surface area (Å²) in [5, 5.41) is 26.9. The van der Waals surface area contributed by atoms with E-state index in [1.54, 1.807) is 0 Å². The van der Waals surface area contributed by atoms with Gasteiger partial charge in [0.2, 0.25) is 29.5 Å². The Balaban J connectivity index is 0.813. The van der Waals surface area contributed by atoms with Crippen LogP contribution in [0.4, 0.5) is 0 Å². The van der Waals surface area contributed by atoms with E-state index in [1.807, 2.05) is 121 Å². The zero-order valence-corrected chi connectivity index (χ0v) is 47.7. The fourth-order valence-electron chi connectivity index (χ4n) is 12.4. The van der Waals surface area contributed by atoms with E-state index in [2.05, 4.69) is 31.9 Å². The number of hydrogen-bond donors (Lipinski definition) is 8. The average molecular weight is 1170 g/mol. The van der Waals surface area contributed by atoms with E-state index in [0.29, 0.717) is 12.8 Å². The maximum atomic E-state index is 15.0. The predicted octanol–water partition coefficient (Wildman–Crippen LogP) is 3.95. The molecule has 0 unspecified atom stereocenters. The van der Waals surface area contributed by atoms with Crippen LogP contribution in [0.5, 0.6) is 5.75 Å². The summed E-state index contributed by atoms with van der Waals surface area (Å²) < 4.78 is 6.10. The maximum Gasteiger partial charge on any atom is 0.320 e. The van der Waals surface area contributed by atoms with Gasteiger partial charge in [-0.25, -0.2) is 0 Å². The highest BCUT2D eigenvalue weighted by Gasteiger charge is 2.51. The van der Waals surface area contributed by atoms with Gasteiger partial charge in [-0.1, -0.05) is 121 Å². The molecular formula is C66H73N9O11. The summed E-state index contributed by atoms with van der Waals surface area (Å²) in [5.41, 5.74) is 9.91. The number of amides is 8. The van der Waals surface area contributed by atoms with Gasteiger partial charge < -0.3 is 57.3 Å². The predicted molar refractivity (Wildman–Crippen MR) is 316 cm³/mol.